The molecule has 2 heterocycles. The van der Waals surface area contributed by atoms with Crippen LogP contribution >= 0.6 is 11.3 Å². The zero-order chi connectivity index (χ0) is 13.5. The van der Waals surface area contributed by atoms with Gasteiger partial charge in [-0.25, -0.2) is 9.97 Å². The highest BCUT2D eigenvalue weighted by molar-refractivity contribution is 7.92. The molecule has 0 amide bonds. The van der Waals surface area contributed by atoms with Gasteiger partial charge in [0.15, 0.2) is 10.2 Å². The quantitative estimate of drug-likeness (QED) is 0.885. The van der Waals surface area contributed by atoms with Gasteiger partial charge in [-0.3, -0.25) is 4.72 Å². The van der Waals surface area contributed by atoms with Gasteiger partial charge in [0.1, 0.15) is 5.82 Å². The van der Waals surface area contributed by atoms with E-state index < -0.39 is 10.0 Å². The summed E-state index contributed by atoms with van der Waals surface area (Å²) in [4.78, 5) is 11.1. The van der Waals surface area contributed by atoms with Crippen LogP contribution in [0, 0.1) is 0 Å². The Bertz CT molecular complexity index is 685. The summed E-state index contributed by atoms with van der Waals surface area (Å²) in [6, 6.07) is 0. The number of aromatic nitrogens is 3. The highest BCUT2D eigenvalue weighted by atomic mass is 32.2. The lowest BCUT2D eigenvalue weighted by Gasteiger charge is -2.01. The number of hydrogen-bond donors (Lipinski definition) is 2. The van der Waals surface area contributed by atoms with Crippen LogP contribution in [0.15, 0.2) is 16.6 Å². The van der Waals surface area contributed by atoms with E-state index >= 15 is 0 Å². The third-order valence-corrected chi connectivity index (χ3v) is 5.12. The normalized spacial score (nSPS) is 15.6. The van der Waals surface area contributed by atoms with Crippen molar-refractivity contribution in [2.24, 2.45) is 0 Å². The van der Waals surface area contributed by atoms with Crippen molar-refractivity contribution in [2.45, 2.75) is 37.1 Å². The average molecular weight is 298 g/mol. The van der Waals surface area contributed by atoms with E-state index in [4.69, 9.17) is 0 Å². The number of aromatic amines is 1. The highest BCUT2D eigenvalue weighted by Crippen LogP contribution is 2.41. The molecule has 1 aliphatic carbocycles. The van der Waals surface area contributed by atoms with Gasteiger partial charge in [0.25, 0.3) is 10.0 Å². The molecular weight excluding hydrogens is 284 g/mol. The van der Waals surface area contributed by atoms with Gasteiger partial charge in [-0.1, -0.05) is 6.92 Å². The minimum Gasteiger partial charge on any atom is -0.332 e. The van der Waals surface area contributed by atoms with Gasteiger partial charge in [0, 0.05) is 17.7 Å². The van der Waals surface area contributed by atoms with Crippen molar-refractivity contribution < 1.29 is 8.42 Å². The van der Waals surface area contributed by atoms with Crippen LogP contribution in [-0.4, -0.2) is 23.4 Å². The van der Waals surface area contributed by atoms with Crippen LogP contribution in [0.5, 0.6) is 0 Å². The Kier molecular flexibility index (Phi) is 3.06. The summed E-state index contributed by atoms with van der Waals surface area (Å²) in [5, 5.41) is 2.40. The van der Waals surface area contributed by atoms with Gasteiger partial charge >= 0.3 is 0 Å². The fraction of sp³-hybridized carbons (Fsp3) is 0.455. The van der Waals surface area contributed by atoms with Crippen LogP contribution in [-0.2, 0) is 16.4 Å². The number of nitrogens with one attached hydrogen (secondary N) is 2. The first kappa shape index (κ1) is 12.6. The number of thiazole rings is 1. The van der Waals surface area contributed by atoms with Crippen LogP contribution in [0.3, 0.4) is 0 Å². The van der Waals surface area contributed by atoms with Crippen LogP contribution < -0.4 is 4.72 Å². The molecule has 0 aliphatic heterocycles. The van der Waals surface area contributed by atoms with Crippen molar-refractivity contribution in [2.75, 3.05) is 4.72 Å². The van der Waals surface area contributed by atoms with E-state index in [1.54, 1.807) is 0 Å². The third kappa shape index (κ3) is 2.64. The van der Waals surface area contributed by atoms with Crippen LogP contribution in [0.2, 0.25) is 0 Å². The molecule has 0 aromatic carbocycles. The number of hydrogen-bond acceptors (Lipinski definition) is 5. The molecule has 8 heteroatoms. The van der Waals surface area contributed by atoms with Crippen molar-refractivity contribution >= 4 is 26.5 Å². The summed E-state index contributed by atoms with van der Waals surface area (Å²) < 4.78 is 26.7. The van der Waals surface area contributed by atoms with E-state index in [0.29, 0.717) is 23.3 Å². The molecule has 0 bridgehead atoms. The average Bonchev–Trinajstić information content (AvgIpc) is 2.92. The summed E-state index contributed by atoms with van der Waals surface area (Å²) >= 11 is 1.32. The molecule has 0 saturated heterocycles. The maximum atomic E-state index is 12.1. The minimum atomic E-state index is -3.61. The smallest absolute Gasteiger partial charge is 0.280 e. The first-order chi connectivity index (χ1) is 9.08. The lowest BCUT2D eigenvalue weighted by Crippen LogP contribution is -2.13. The Morgan fingerprint density at radius 3 is 2.95 bits per heavy atom. The molecule has 0 spiro atoms. The second kappa shape index (κ2) is 4.61. The van der Waals surface area contributed by atoms with Gasteiger partial charge in [0.2, 0.25) is 0 Å². The summed E-state index contributed by atoms with van der Waals surface area (Å²) in [7, 11) is -3.61. The second-order valence-electron chi connectivity index (χ2n) is 4.50. The number of rotatable bonds is 5. The standard InChI is InChI=1S/C11H14N4O2S2/c1-2-9-12-5-10(14-9)19(16,17)15-11-13-8(6-18-11)7-3-4-7/h5-7H,2-4H2,1H3,(H,12,14)(H,13,15). The van der Waals surface area contributed by atoms with Crippen molar-refractivity contribution in [3.8, 4) is 0 Å². The van der Waals surface area contributed by atoms with E-state index in [9.17, 15) is 8.42 Å². The van der Waals surface area contributed by atoms with E-state index in [-0.39, 0.29) is 5.03 Å². The Morgan fingerprint density at radius 2 is 2.32 bits per heavy atom. The van der Waals surface area contributed by atoms with Gasteiger partial charge in [-0.15, -0.1) is 11.3 Å². The summed E-state index contributed by atoms with van der Waals surface area (Å²) in [5.41, 5.74) is 0.988. The van der Waals surface area contributed by atoms with Crippen molar-refractivity contribution in [1.29, 1.82) is 0 Å². The Morgan fingerprint density at radius 1 is 1.53 bits per heavy atom. The molecule has 1 aliphatic rings. The number of H-pyrrole nitrogens is 1. The molecule has 1 fully saturated rings. The van der Waals surface area contributed by atoms with Gasteiger partial charge in [-0.2, -0.15) is 8.42 Å². The maximum absolute atomic E-state index is 12.1. The van der Waals surface area contributed by atoms with Gasteiger partial charge in [0.05, 0.1) is 11.9 Å². The Labute approximate surface area is 115 Å². The SMILES string of the molecule is CCc1ncc(S(=O)(=O)Nc2nc(C3CC3)cs2)[nH]1. The Hall–Kier alpha value is -1.41. The summed E-state index contributed by atoms with van der Waals surface area (Å²) in [6.07, 6.45) is 4.29. The molecular formula is C11H14N4O2S2. The predicted octanol–water partition coefficient (Wildman–Crippen LogP) is 2.11. The number of imidazole rings is 1. The van der Waals surface area contributed by atoms with Crippen LogP contribution in [0.4, 0.5) is 5.13 Å². The molecule has 0 radical (unpaired) electrons. The molecule has 1 saturated carbocycles. The maximum Gasteiger partial charge on any atom is 0.280 e. The minimum absolute atomic E-state index is 0.0764. The van der Waals surface area contributed by atoms with Gasteiger partial charge < -0.3 is 4.98 Å². The summed E-state index contributed by atoms with van der Waals surface area (Å²) in [6.45, 7) is 1.91. The fourth-order valence-electron chi connectivity index (χ4n) is 1.73. The molecule has 0 unspecified atom stereocenters. The molecule has 2 N–H and O–H groups in total. The predicted molar refractivity (Wildman–Crippen MR) is 72.9 cm³/mol. The van der Waals surface area contributed by atoms with Crippen molar-refractivity contribution in [3.05, 3.63) is 23.1 Å². The third-order valence-electron chi connectivity index (χ3n) is 2.97. The lowest BCUT2D eigenvalue weighted by atomic mass is 10.3. The zero-order valence-electron chi connectivity index (χ0n) is 10.4. The number of anilines is 1. The molecule has 19 heavy (non-hydrogen) atoms. The van der Waals surface area contributed by atoms with E-state index in [1.165, 1.54) is 17.5 Å². The molecule has 2 aromatic heterocycles. The fourth-order valence-corrected chi connectivity index (χ4v) is 3.72. The summed E-state index contributed by atoms with van der Waals surface area (Å²) in [5.74, 6) is 1.17. The highest BCUT2D eigenvalue weighted by Gasteiger charge is 2.27. The zero-order valence-corrected chi connectivity index (χ0v) is 12.0. The molecule has 2 aromatic rings. The van der Waals surface area contributed by atoms with Gasteiger partial charge in [-0.05, 0) is 12.8 Å². The largest absolute Gasteiger partial charge is 0.332 e. The topological polar surface area (TPSA) is 87.7 Å². The van der Waals surface area contributed by atoms with E-state index in [0.717, 1.165) is 18.5 Å². The second-order valence-corrected chi connectivity index (χ2v) is 7.01. The number of nitrogens with zero attached hydrogens (tertiary/aromatic N) is 2. The first-order valence-corrected chi connectivity index (χ1v) is 8.47. The molecule has 0 atom stereocenters. The van der Waals surface area contributed by atoms with Crippen LogP contribution in [0.25, 0.3) is 0 Å². The van der Waals surface area contributed by atoms with Crippen molar-refractivity contribution in [1.82, 2.24) is 15.0 Å². The number of sulfonamides is 1. The van der Waals surface area contributed by atoms with Crippen molar-refractivity contribution in [3.63, 3.8) is 0 Å². The lowest BCUT2D eigenvalue weighted by molar-refractivity contribution is 0.598. The van der Waals surface area contributed by atoms with Crippen LogP contribution in [0.1, 0.15) is 37.2 Å². The van der Waals surface area contributed by atoms with E-state index in [1.807, 2.05) is 12.3 Å². The Balaban J connectivity index is 1.79. The number of aryl methyl sites for hydroxylation is 1. The molecule has 3 rings (SSSR count). The monoisotopic (exact) mass is 298 g/mol. The first-order valence-electron chi connectivity index (χ1n) is 6.10. The molecule has 102 valence electrons. The molecule has 6 nitrogen and oxygen atoms in total. The van der Waals surface area contributed by atoms with E-state index in [2.05, 4.69) is 19.7 Å².